The van der Waals surface area contributed by atoms with Crippen LogP contribution in [0.5, 0.6) is 0 Å². The Morgan fingerprint density at radius 3 is 2.60 bits per heavy atom. The van der Waals surface area contributed by atoms with Crippen molar-refractivity contribution in [3.8, 4) is 11.1 Å². The number of nitrogens with one attached hydrogen (secondary N) is 1. The van der Waals surface area contributed by atoms with Crippen molar-refractivity contribution in [2.24, 2.45) is 0 Å². The lowest BCUT2D eigenvalue weighted by Gasteiger charge is -2.43. The first-order valence-electron chi connectivity index (χ1n) is 13.3. The summed E-state index contributed by atoms with van der Waals surface area (Å²) in [5.41, 5.74) is 3.39. The highest BCUT2D eigenvalue weighted by Crippen LogP contribution is 2.35. The van der Waals surface area contributed by atoms with Crippen molar-refractivity contribution < 1.29 is 27.3 Å². The van der Waals surface area contributed by atoms with Crippen molar-refractivity contribution in [3.05, 3.63) is 71.7 Å². The molecule has 0 aliphatic carbocycles. The molecule has 4 rings (SSSR count). The molecule has 42 heavy (non-hydrogen) atoms. The third-order valence-electron chi connectivity index (χ3n) is 6.90. The molecule has 9 nitrogen and oxygen atoms in total. The largest absolute Gasteiger partial charge is 0.410 e. The molecule has 1 saturated heterocycles. The summed E-state index contributed by atoms with van der Waals surface area (Å²) in [6, 6.07) is 5.42. The minimum absolute atomic E-state index is 0.0475. The number of nitrogens with zero attached hydrogens (tertiary/aromatic N) is 5. The number of amides is 2. The van der Waals surface area contributed by atoms with Gasteiger partial charge in [0, 0.05) is 48.7 Å². The molecule has 0 spiro atoms. The van der Waals surface area contributed by atoms with E-state index < -0.39 is 30.6 Å². The number of aromatic nitrogens is 3. The average molecular weight is 650 g/mol. The van der Waals surface area contributed by atoms with Crippen molar-refractivity contribution in [2.45, 2.75) is 51.9 Å². The molecule has 1 atom stereocenters. The minimum atomic E-state index is -4.60. The third-order valence-corrected chi connectivity index (χ3v) is 7.27. The van der Waals surface area contributed by atoms with Crippen LogP contribution < -0.4 is 10.2 Å². The number of carbonyl (C=O) groups excluding carboxylic acids is 2. The van der Waals surface area contributed by atoms with Gasteiger partial charge in [-0.1, -0.05) is 66.1 Å². The average Bonchev–Trinajstić information content (AvgIpc) is 3.46. The fourth-order valence-electron chi connectivity index (χ4n) is 4.61. The van der Waals surface area contributed by atoms with Gasteiger partial charge in [0.15, 0.2) is 0 Å². The molecular formula is C29H32BrF3N6O3. The summed E-state index contributed by atoms with van der Waals surface area (Å²) in [5.74, 6) is -0.820. The zero-order chi connectivity index (χ0) is 30.7. The third kappa shape index (κ3) is 7.18. The maximum absolute atomic E-state index is 14.1. The summed E-state index contributed by atoms with van der Waals surface area (Å²) in [4.78, 5) is 35.9. The van der Waals surface area contributed by atoms with Gasteiger partial charge in [-0.05, 0) is 35.8 Å². The number of pyridine rings is 1. The highest BCUT2D eigenvalue weighted by Gasteiger charge is 2.48. The Morgan fingerprint density at radius 2 is 1.95 bits per heavy atom. The van der Waals surface area contributed by atoms with Crippen LogP contribution in [0.3, 0.4) is 0 Å². The van der Waals surface area contributed by atoms with E-state index in [1.165, 1.54) is 6.08 Å². The normalized spacial score (nSPS) is 16.2. The van der Waals surface area contributed by atoms with Crippen LogP contribution in [0.4, 0.5) is 18.9 Å². The number of anilines is 1. The number of alkyl halides is 4. The highest BCUT2D eigenvalue weighted by atomic mass is 79.9. The fourth-order valence-corrected chi connectivity index (χ4v) is 4.79. The summed E-state index contributed by atoms with van der Waals surface area (Å²) in [6.07, 6.45) is 1.18. The van der Waals surface area contributed by atoms with Gasteiger partial charge in [0.05, 0.1) is 11.9 Å². The van der Waals surface area contributed by atoms with Gasteiger partial charge in [-0.2, -0.15) is 18.2 Å². The van der Waals surface area contributed by atoms with Crippen molar-refractivity contribution in [1.29, 1.82) is 0 Å². The van der Waals surface area contributed by atoms with Gasteiger partial charge in [0.1, 0.15) is 6.04 Å². The summed E-state index contributed by atoms with van der Waals surface area (Å²) in [6.45, 7) is 7.55. The molecule has 2 aromatic heterocycles. The number of rotatable bonds is 7. The van der Waals surface area contributed by atoms with Crippen LogP contribution >= 0.6 is 15.9 Å². The smallest absolute Gasteiger partial charge is 0.366 e. The number of hydrogen-bond donors (Lipinski definition) is 1. The zero-order valence-corrected chi connectivity index (χ0v) is 25.3. The molecule has 3 aromatic rings. The lowest BCUT2D eigenvalue weighted by molar-refractivity contribution is -0.188. The van der Waals surface area contributed by atoms with Gasteiger partial charge in [-0.25, -0.2) is 0 Å². The molecule has 2 amide bonds. The monoisotopic (exact) mass is 648 g/mol. The second-order valence-electron chi connectivity index (χ2n) is 11.0. The lowest BCUT2D eigenvalue weighted by Crippen LogP contribution is -2.60. The van der Waals surface area contributed by atoms with E-state index in [-0.39, 0.29) is 30.9 Å². The first-order chi connectivity index (χ1) is 19.8. The summed E-state index contributed by atoms with van der Waals surface area (Å²) >= 11 is 3.15. The van der Waals surface area contributed by atoms with E-state index >= 15 is 0 Å². The maximum Gasteiger partial charge on any atom is 0.410 e. The molecule has 1 aromatic carbocycles. The number of piperazine rings is 1. The Hall–Kier alpha value is -3.74. The SMILES string of the molecule is Cc1cc(-c2ccncc2N2CCN(C(=O)/C=C/CBr)C(C(F)(F)F)C2)ccc1CNC(=O)c1noc(C(C)(C)C)n1. The Labute approximate surface area is 250 Å². The molecule has 0 saturated carbocycles. The van der Waals surface area contributed by atoms with Crippen LogP contribution in [-0.2, 0) is 16.8 Å². The number of benzene rings is 1. The van der Waals surface area contributed by atoms with Gasteiger partial charge < -0.3 is 19.6 Å². The number of aryl methyl sites for hydroxylation is 1. The molecule has 224 valence electrons. The van der Waals surface area contributed by atoms with Crippen LogP contribution in [0.2, 0.25) is 0 Å². The van der Waals surface area contributed by atoms with Gasteiger partial charge in [0.25, 0.3) is 11.7 Å². The molecule has 0 bridgehead atoms. The van der Waals surface area contributed by atoms with Crippen molar-refractivity contribution in [2.75, 3.05) is 29.9 Å². The predicted octanol–water partition coefficient (Wildman–Crippen LogP) is 5.20. The number of allylic oxidation sites excluding steroid dienone is 1. The van der Waals surface area contributed by atoms with E-state index in [0.29, 0.717) is 22.5 Å². The Bertz CT molecular complexity index is 1470. The number of halogens is 4. The van der Waals surface area contributed by atoms with E-state index in [1.807, 2.05) is 45.9 Å². The fraction of sp³-hybridized carbons (Fsp3) is 0.414. The van der Waals surface area contributed by atoms with E-state index in [0.717, 1.165) is 27.7 Å². The standard InChI is InChI=1S/C29H32BrF3N6O3/c1-18-14-19(7-8-20(18)15-35-26(41)25-36-27(42-37-25)28(2,3)4)21-9-11-34-16-22(21)38-12-13-39(24(40)6-5-10-30)23(17-38)29(31,32)33/h5-9,11,14,16,23H,10,12-13,15,17H2,1-4H3,(H,35,41)/b6-5+. The zero-order valence-electron chi connectivity index (χ0n) is 23.7. The first-order valence-corrected chi connectivity index (χ1v) is 14.4. The summed E-state index contributed by atoms with van der Waals surface area (Å²) in [7, 11) is 0. The molecular weight excluding hydrogens is 617 g/mol. The van der Waals surface area contributed by atoms with Crippen LogP contribution in [-0.4, -0.2) is 69.0 Å². The topological polar surface area (TPSA) is 104 Å². The van der Waals surface area contributed by atoms with Gasteiger partial charge in [0.2, 0.25) is 11.8 Å². The second-order valence-corrected chi connectivity index (χ2v) is 11.6. The minimum Gasteiger partial charge on any atom is -0.366 e. The van der Waals surface area contributed by atoms with Crippen LogP contribution in [0.15, 0.2) is 53.3 Å². The van der Waals surface area contributed by atoms with E-state index in [1.54, 1.807) is 23.4 Å². The van der Waals surface area contributed by atoms with Crippen LogP contribution in [0.25, 0.3) is 11.1 Å². The molecule has 1 aliphatic heterocycles. The molecule has 0 radical (unpaired) electrons. The van der Waals surface area contributed by atoms with E-state index in [2.05, 4.69) is 36.4 Å². The Balaban J connectivity index is 1.51. The summed E-state index contributed by atoms with van der Waals surface area (Å²) in [5, 5.41) is 6.94. The van der Waals surface area contributed by atoms with Crippen molar-refractivity contribution >= 4 is 33.4 Å². The van der Waals surface area contributed by atoms with Crippen LogP contribution in [0.1, 0.15) is 48.4 Å². The quantitative estimate of drug-likeness (QED) is 0.277. The maximum atomic E-state index is 14.1. The number of carbonyl (C=O) groups is 2. The Morgan fingerprint density at radius 1 is 1.19 bits per heavy atom. The molecule has 13 heteroatoms. The Kier molecular flexibility index (Phi) is 9.39. The molecule has 1 fully saturated rings. The second kappa shape index (κ2) is 12.6. The lowest BCUT2D eigenvalue weighted by atomic mass is 9.97. The molecule has 3 heterocycles. The molecule has 1 aliphatic rings. The summed E-state index contributed by atoms with van der Waals surface area (Å²) < 4.78 is 47.4. The number of hydrogen-bond acceptors (Lipinski definition) is 7. The first kappa shape index (κ1) is 31.2. The highest BCUT2D eigenvalue weighted by molar-refractivity contribution is 9.09. The predicted molar refractivity (Wildman–Crippen MR) is 155 cm³/mol. The van der Waals surface area contributed by atoms with Gasteiger partial charge >= 0.3 is 6.18 Å². The van der Waals surface area contributed by atoms with Crippen molar-refractivity contribution in [3.63, 3.8) is 0 Å². The van der Waals surface area contributed by atoms with Gasteiger partial charge in [-0.15, -0.1) is 0 Å². The van der Waals surface area contributed by atoms with Crippen molar-refractivity contribution in [1.82, 2.24) is 25.3 Å². The van der Waals surface area contributed by atoms with Crippen LogP contribution in [0, 0.1) is 6.92 Å². The van der Waals surface area contributed by atoms with Gasteiger partial charge in [-0.3, -0.25) is 14.6 Å². The van der Waals surface area contributed by atoms with E-state index in [4.69, 9.17) is 4.52 Å². The van der Waals surface area contributed by atoms with E-state index in [9.17, 15) is 22.8 Å². The molecule has 1 N–H and O–H groups in total. The molecule has 1 unspecified atom stereocenters.